The van der Waals surface area contributed by atoms with E-state index in [1.807, 2.05) is 45.3 Å². The molecule has 0 radical (unpaired) electrons. The Kier molecular flexibility index (Phi) is 3.94. The first kappa shape index (κ1) is 13.0. The molecule has 0 aliphatic carbocycles. The van der Waals surface area contributed by atoms with Crippen LogP contribution >= 0.6 is 0 Å². The average Bonchev–Trinajstić information content (AvgIpc) is 2.35. The van der Waals surface area contributed by atoms with Crippen molar-refractivity contribution in [2.24, 2.45) is 0 Å². The lowest BCUT2D eigenvalue weighted by atomic mass is 10.0. The van der Waals surface area contributed by atoms with E-state index in [-0.39, 0.29) is 0 Å². The van der Waals surface area contributed by atoms with Crippen LogP contribution in [-0.2, 0) is 0 Å². The van der Waals surface area contributed by atoms with Crippen LogP contribution < -0.4 is 0 Å². The fourth-order valence-electron chi connectivity index (χ4n) is 2.00. The number of benzene rings is 1. The standard InChI is InChI=1S/C15H20N2O/c1-11-4-5-12-10-13(6-7-14(12)16-11)15(18)8-9-17(2)3/h4-7,10,15,18H,8-9H2,1-3H3. The highest BCUT2D eigenvalue weighted by atomic mass is 16.3. The molecule has 0 spiro atoms. The Morgan fingerprint density at radius 3 is 2.72 bits per heavy atom. The third kappa shape index (κ3) is 3.06. The molecular weight excluding hydrogens is 224 g/mol. The lowest BCUT2D eigenvalue weighted by molar-refractivity contribution is 0.154. The van der Waals surface area contributed by atoms with E-state index in [0.717, 1.165) is 35.1 Å². The summed E-state index contributed by atoms with van der Waals surface area (Å²) in [6, 6.07) is 10.0. The van der Waals surface area contributed by atoms with Crippen molar-refractivity contribution in [3.05, 3.63) is 41.6 Å². The van der Waals surface area contributed by atoms with Crippen molar-refractivity contribution >= 4 is 10.9 Å². The average molecular weight is 244 g/mol. The van der Waals surface area contributed by atoms with Gasteiger partial charge in [0.15, 0.2) is 0 Å². The van der Waals surface area contributed by atoms with Gasteiger partial charge < -0.3 is 10.0 Å². The zero-order valence-corrected chi connectivity index (χ0v) is 11.2. The van der Waals surface area contributed by atoms with Gasteiger partial charge in [0.05, 0.1) is 11.6 Å². The topological polar surface area (TPSA) is 36.4 Å². The van der Waals surface area contributed by atoms with Crippen molar-refractivity contribution in [2.75, 3.05) is 20.6 Å². The first-order chi connectivity index (χ1) is 8.56. The van der Waals surface area contributed by atoms with Crippen molar-refractivity contribution < 1.29 is 5.11 Å². The summed E-state index contributed by atoms with van der Waals surface area (Å²) < 4.78 is 0. The second kappa shape index (κ2) is 5.46. The predicted octanol–water partition coefficient (Wildman–Crippen LogP) is 2.53. The maximum Gasteiger partial charge on any atom is 0.0802 e. The first-order valence-electron chi connectivity index (χ1n) is 6.26. The molecule has 2 rings (SSSR count). The summed E-state index contributed by atoms with van der Waals surface area (Å²) in [7, 11) is 4.03. The molecule has 0 fully saturated rings. The highest BCUT2D eigenvalue weighted by Crippen LogP contribution is 2.21. The molecule has 0 amide bonds. The molecule has 0 aliphatic rings. The molecule has 1 unspecified atom stereocenters. The second-order valence-electron chi connectivity index (χ2n) is 5.01. The maximum absolute atomic E-state index is 10.1. The zero-order valence-electron chi connectivity index (χ0n) is 11.2. The number of pyridine rings is 1. The van der Waals surface area contributed by atoms with Gasteiger partial charge in [-0.3, -0.25) is 4.98 Å². The SMILES string of the molecule is Cc1ccc2cc(C(O)CCN(C)C)ccc2n1. The molecule has 1 heterocycles. The van der Waals surface area contributed by atoms with Crippen molar-refractivity contribution in [3.63, 3.8) is 0 Å². The van der Waals surface area contributed by atoms with Crippen LogP contribution in [-0.4, -0.2) is 35.6 Å². The smallest absolute Gasteiger partial charge is 0.0802 e. The molecule has 96 valence electrons. The van der Waals surface area contributed by atoms with E-state index < -0.39 is 6.10 Å². The molecule has 1 aromatic heterocycles. The van der Waals surface area contributed by atoms with Gasteiger partial charge in [0, 0.05) is 17.6 Å². The lowest BCUT2D eigenvalue weighted by Crippen LogP contribution is -2.15. The summed E-state index contributed by atoms with van der Waals surface area (Å²) in [6.07, 6.45) is 0.343. The summed E-state index contributed by atoms with van der Waals surface area (Å²) >= 11 is 0. The van der Waals surface area contributed by atoms with E-state index in [9.17, 15) is 5.11 Å². The van der Waals surface area contributed by atoms with Crippen molar-refractivity contribution in [1.82, 2.24) is 9.88 Å². The second-order valence-corrected chi connectivity index (χ2v) is 5.01. The molecule has 18 heavy (non-hydrogen) atoms. The quantitative estimate of drug-likeness (QED) is 0.898. The minimum Gasteiger partial charge on any atom is -0.388 e. The number of aryl methyl sites for hydroxylation is 1. The van der Waals surface area contributed by atoms with E-state index in [0.29, 0.717) is 0 Å². The third-order valence-electron chi connectivity index (χ3n) is 3.09. The largest absolute Gasteiger partial charge is 0.388 e. The van der Waals surface area contributed by atoms with Crippen LogP contribution in [0.3, 0.4) is 0 Å². The number of aliphatic hydroxyl groups is 1. The summed E-state index contributed by atoms with van der Waals surface area (Å²) in [5, 5.41) is 11.2. The Morgan fingerprint density at radius 2 is 2.00 bits per heavy atom. The molecule has 0 aliphatic heterocycles. The van der Waals surface area contributed by atoms with Crippen molar-refractivity contribution in [3.8, 4) is 0 Å². The monoisotopic (exact) mass is 244 g/mol. The first-order valence-corrected chi connectivity index (χ1v) is 6.26. The number of fused-ring (bicyclic) bond motifs is 1. The van der Waals surface area contributed by atoms with Crippen LogP contribution in [0.5, 0.6) is 0 Å². The Bertz CT molecular complexity index is 537. The van der Waals surface area contributed by atoms with Gasteiger partial charge in [0.25, 0.3) is 0 Å². The summed E-state index contributed by atoms with van der Waals surface area (Å²) in [6.45, 7) is 2.87. The van der Waals surface area contributed by atoms with Gasteiger partial charge in [0.2, 0.25) is 0 Å². The van der Waals surface area contributed by atoms with Gasteiger partial charge in [-0.15, -0.1) is 0 Å². The van der Waals surface area contributed by atoms with Crippen molar-refractivity contribution in [2.45, 2.75) is 19.4 Å². The molecule has 0 saturated carbocycles. The summed E-state index contributed by atoms with van der Waals surface area (Å²) in [5.74, 6) is 0. The summed E-state index contributed by atoms with van der Waals surface area (Å²) in [5.41, 5.74) is 2.97. The number of aromatic nitrogens is 1. The van der Waals surface area contributed by atoms with Gasteiger partial charge >= 0.3 is 0 Å². The fraction of sp³-hybridized carbons (Fsp3) is 0.400. The third-order valence-corrected chi connectivity index (χ3v) is 3.09. The number of hydrogen-bond acceptors (Lipinski definition) is 3. The Hall–Kier alpha value is -1.45. The van der Waals surface area contributed by atoms with Crippen LogP contribution in [0.1, 0.15) is 23.8 Å². The molecule has 3 nitrogen and oxygen atoms in total. The molecule has 0 bridgehead atoms. The van der Waals surface area contributed by atoms with Gasteiger partial charge in [0.1, 0.15) is 0 Å². The highest BCUT2D eigenvalue weighted by molar-refractivity contribution is 5.79. The highest BCUT2D eigenvalue weighted by Gasteiger charge is 2.08. The Labute approximate surface area is 108 Å². The van der Waals surface area contributed by atoms with Crippen LogP contribution in [0.2, 0.25) is 0 Å². The normalized spacial score (nSPS) is 13.2. The summed E-state index contributed by atoms with van der Waals surface area (Å²) in [4.78, 5) is 6.54. The molecule has 3 heteroatoms. The molecular formula is C15H20N2O. The van der Waals surface area contributed by atoms with Crippen LogP contribution in [0.4, 0.5) is 0 Å². The van der Waals surface area contributed by atoms with Crippen molar-refractivity contribution in [1.29, 1.82) is 0 Å². The van der Waals surface area contributed by atoms with Crippen LogP contribution in [0, 0.1) is 6.92 Å². The molecule has 1 aromatic carbocycles. The van der Waals surface area contributed by atoms with E-state index in [2.05, 4.69) is 16.0 Å². The molecule has 2 aromatic rings. The number of hydrogen-bond donors (Lipinski definition) is 1. The molecule has 1 N–H and O–H groups in total. The number of rotatable bonds is 4. The van der Waals surface area contributed by atoms with Gasteiger partial charge in [-0.2, -0.15) is 0 Å². The van der Waals surface area contributed by atoms with Gasteiger partial charge in [-0.05, 0) is 51.2 Å². The van der Waals surface area contributed by atoms with Gasteiger partial charge in [-0.25, -0.2) is 0 Å². The van der Waals surface area contributed by atoms with E-state index in [1.54, 1.807) is 0 Å². The fourth-order valence-corrected chi connectivity index (χ4v) is 2.00. The van der Waals surface area contributed by atoms with Crippen LogP contribution in [0.25, 0.3) is 10.9 Å². The minimum absolute atomic E-state index is 0.405. The molecule has 1 atom stereocenters. The van der Waals surface area contributed by atoms with E-state index >= 15 is 0 Å². The Balaban J connectivity index is 2.21. The van der Waals surface area contributed by atoms with Crippen LogP contribution in [0.15, 0.2) is 30.3 Å². The lowest BCUT2D eigenvalue weighted by Gasteiger charge is -2.15. The Morgan fingerprint density at radius 1 is 1.22 bits per heavy atom. The maximum atomic E-state index is 10.1. The molecule has 0 saturated heterocycles. The number of nitrogens with zero attached hydrogens (tertiary/aromatic N) is 2. The van der Waals surface area contributed by atoms with E-state index in [1.165, 1.54) is 0 Å². The van der Waals surface area contributed by atoms with Gasteiger partial charge in [-0.1, -0.05) is 12.1 Å². The minimum atomic E-state index is -0.405. The van der Waals surface area contributed by atoms with E-state index in [4.69, 9.17) is 0 Å². The predicted molar refractivity (Wildman–Crippen MR) is 74.6 cm³/mol. The number of aliphatic hydroxyl groups excluding tert-OH is 1. The zero-order chi connectivity index (χ0) is 13.1.